The lowest BCUT2D eigenvalue weighted by molar-refractivity contribution is 1.57. The van der Waals surface area contributed by atoms with Crippen molar-refractivity contribution in [3.05, 3.63) is 97.1 Å². The zero-order valence-corrected chi connectivity index (χ0v) is 15.2. The Morgan fingerprint density at radius 3 is 1.12 bits per heavy atom. The highest BCUT2D eigenvalue weighted by molar-refractivity contribution is 6.38. The molecule has 0 aliphatic carbocycles. The van der Waals surface area contributed by atoms with E-state index < -0.39 is 0 Å². The van der Waals surface area contributed by atoms with Gasteiger partial charge in [0, 0.05) is 0 Å². The molecule has 0 N–H and O–H groups in total. The highest BCUT2D eigenvalue weighted by Gasteiger charge is 2.08. The molecule has 4 aromatic carbocycles. The molecule has 0 radical (unpaired) electrons. The minimum Gasteiger partial charge on any atom is -0.0889 e. The van der Waals surface area contributed by atoms with Crippen LogP contribution in [-0.4, -0.2) is 15.7 Å². The van der Waals surface area contributed by atoms with Gasteiger partial charge >= 0.3 is 0 Å². The third-order valence-corrected chi connectivity index (χ3v) is 4.70. The molecule has 0 aromatic heterocycles. The molecule has 0 aliphatic heterocycles. The molecule has 0 nitrogen and oxygen atoms in total. The van der Waals surface area contributed by atoms with Gasteiger partial charge in [-0.1, -0.05) is 89.8 Å². The predicted molar refractivity (Wildman–Crippen MR) is 119 cm³/mol. The summed E-state index contributed by atoms with van der Waals surface area (Å²) in [5.74, 6) is 0. The molecule has 2 heteroatoms. The van der Waals surface area contributed by atoms with Crippen LogP contribution in [0.4, 0.5) is 0 Å². The van der Waals surface area contributed by atoms with E-state index in [1.54, 1.807) is 0 Å². The lowest BCUT2D eigenvalue weighted by atomic mass is 9.83. The van der Waals surface area contributed by atoms with Crippen molar-refractivity contribution in [1.82, 2.24) is 0 Å². The smallest absolute Gasteiger partial charge is 0.0889 e. The molecule has 0 aliphatic rings. The van der Waals surface area contributed by atoms with Gasteiger partial charge in [0.05, 0.1) is 0 Å². The summed E-state index contributed by atoms with van der Waals surface area (Å²) in [5.41, 5.74) is 10.1. The summed E-state index contributed by atoms with van der Waals surface area (Å²) in [4.78, 5) is 0. The van der Waals surface area contributed by atoms with E-state index in [4.69, 9.17) is 0 Å². The van der Waals surface area contributed by atoms with Crippen molar-refractivity contribution < 1.29 is 0 Å². The van der Waals surface area contributed by atoms with Gasteiger partial charge in [0.25, 0.3) is 0 Å². The average Bonchev–Trinajstić information content (AvgIpc) is 2.68. The second-order valence-electron chi connectivity index (χ2n) is 6.91. The Balaban J connectivity index is 1.93. The van der Waals surface area contributed by atoms with Crippen molar-refractivity contribution in [2.45, 2.75) is 0 Å². The highest BCUT2D eigenvalue weighted by Crippen LogP contribution is 2.32. The number of rotatable bonds is 3. The summed E-state index contributed by atoms with van der Waals surface area (Å²) < 4.78 is 0. The largest absolute Gasteiger partial charge is 0.139 e. The maximum Gasteiger partial charge on any atom is 0.139 e. The zero-order chi connectivity index (χ0) is 17.9. The lowest BCUT2D eigenvalue weighted by Gasteiger charge is -2.12. The first kappa shape index (κ1) is 16.5. The van der Waals surface area contributed by atoms with Gasteiger partial charge < -0.3 is 0 Å². The van der Waals surface area contributed by atoms with Gasteiger partial charge in [-0.05, 0) is 51.6 Å². The Morgan fingerprint density at radius 2 is 0.692 bits per heavy atom. The molecule has 0 spiro atoms. The third-order valence-electron chi connectivity index (χ3n) is 4.70. The first-order valence-corrected chi connectivity index (χ1v) is 9.04. The first-order chi connectivity index (χ1) is 12.7. The summed E-state index contributed by atoms with van der Waals surface area (Å²) in [6.45, 7) is 0. The van der Waals surface area contributed by atoms with Crippen LogP contribution in [0.2, 0.25) is 0 Å². The van der Waals surface area contributed by atoms with Crippen LogP contribution >= 0.6 is 0 Å². The van der Waals surface area contributed by atoms with E-state index in [1.165, 1.54) is 44.3 Å². The Kier molecular flexibility index (Phi) is 4.49. The summed E-state index contributed by atoms with van der Waals surface area (Å²) in [6.07, 6.45) is 0. The second-order valence-corrected chi connectivity index (χ2v) is 6.91. The number of hydrogen-bond donors (Lipinski definition) is 0. The number of hydrogen-bond acceptors (Lipinski definition) is 0. The molecule has 0 amide bonds. The SMILES string of the molecule is Bc1cc(B)cc(-c2cc(-c3ccccc3)cc(-c3ccccc3)c2)c1. The molecule has 0 unspecified atom stereocenters. The normalized spacial score (nSPS) is 10.6. The van der Waals surface area contributed by atoms with Crippen LogP contribution in [-0.2, 0) is 0 Å². The molecule has 122 valence electrons. The quantitative estimate of drug-likeness (QED) is 0.506. The standard InChI is InChI=1S/C24H20B2/c25-23-14-22(15-24(26)16-23)21-12-19(17-7-3-1-4-8-17)11-20(13-21)18-9-5-2-6-10-18/h1-16H,25-26H2. The van der Waals surface area contributed by atoms with E-state index >= 15 is 0 Å². The van der Waals surface area contributed by atoms with Gasteiger partial charge in [0.1, 0.15) is 15.7 Å². The average molecular weight is 330 g/mol. The Labute approximate surface area is 157 Å². The fraction of sp³-hybridized carbons (Fsp3) is 0. The van der Waals surface area contributed by atoms with E-state index in [0.29, 0.717) is 0 Å². The Bertz CT molecular complexity index is 960. The molecule has 4 rings (SSSR count). The minimum atomic E-state index is 1.25. The van der Waals surface area contributed by atoms with Crippen molar-refractivity contribution >= 4 is 26.6 Å². The van der Waals surface area contributed by atoms with E-state index in [-0.39, 0.29) is 0 Å². The van der Waals surface area contributed by atoms with E-state index in [1.807, 2.05) is 0 Å². The molecule has 0 saturated heterocycles. The minimum absolute atomic E-state index is 1.25. The van der Waals surface area contributed by atoms with Crippen LogP contribution < -0.4 is 10.9 Å². The molecule has 0 fully saturated rings. The van der Waals surface area contributed by atoms with Crippen LogP contribution in [0.3, 0.4) is 0 Å². The van der Waals surface area contributed by atoms with Gasteiger partial charge in [-0.3, -0.25) is 0 Å². The maximum absolute atomic E-state index is 2.30. The topological polar surface area (TPSA) is 0 Å². The van der Waals surface area contributed by atoms with Crippen molar-refractivity contribution in [3.8, 4) is 33.4 Å². The van der Waals surface area contributed by atoms with Gasteiger partial charge in [0.15, 0.2) is 0 Å². The molecular formula is C24H20B2. The van der Waals surface area contributed by atoms with Crippen molar-refractivity contribution in [3.63, 3.8) is 0 Å². The van der Waals surface area contributed by atoms with E-state index in [0.717, 1.165) is 0 Å². The van der Waals surface area contributed by atoms with Gasteiger partial charge in [-0.25, -0.2) is 0 Å². The van der Waals surface area contributed by atoms with E-state index in [9.17, 15) is 0 Å². The Hall–Kier alpha value is -2.99. The first-order valence-electron chi connectivity index (χ1n) is 9.04. The van der Waals surface area contributed by atoms with Gasteiger partial charge in [-0.2, -0.15) is 0 Å². The summed E-state index contributed by atoms with van der Waals surface area (Å²) >= 11 is 0. The van der Waals surface area contributed by atoms with Crippen LogP contribution in [0.1, 0.15) is 0 Å². The lowest BCUT2D eigenvalue weighted by Crippen LogP contribution is -2.13. The predicted octanol–water partition coefficient (Wildman–Crippen LogP) is 3.20. The zero-order valence-electron chi connectivity index (χ0n) is 15.2. The summed E-state index contributed by atoms with van der Waals surface area (Å²) in [6, 6.07) is 34.9. The van der Waals surface area contributed by atoms with Crippen molar-refractivity contribution in [2.75, 3.05) is 0 Å². The number of benzene rings is 4. The van der Waals surface area contributed by atoms with Gasteiger partial charge in [0.2, 0.25) is 0 Å². The summed E-state index contributed by atoms with van der Waals surface area (Å²) in [5, 5.41) is 0. The van der Waals surface area contributed by atoms with Crippen LogP contribution in [0.25, 0.3) is 33.4 Å². The molecule has 0 saturated carbocycles. The van der Waals surface area contributed by atoms with Crippen molar-refractivity contribution in [2.24, 2.45) is 0 Å². The second kappa shape index (κ2) is 7.09. The molecule has 0 atom stereocenters. The highest BCUT2D eigenvalue weighted by atomic mass is 14.1. The third kappa shape index (κ3) is 3.50. The summed E-state index contributed by atoms with van der Waals surface area (Å²) in [7, 11) is 4.32. The Morgan fingerprint density at radius 1 is 0.346 bits per heavy atom. The fourth-order valence-electron chi connectivity index (χ4n) is 3.53. The molecular weight excluding hydrogens is 310 g/mol. The monoisotopic (exact) mass is 330 g/mol. The van der Waals surface area contributed by atoms with Gasteiger partial charge in [-0.15, -0.1) is 0 Å². The van der Waals surface area contributed by atoms with Crippen LogP contribution in [0, 0.1) is 0 Å². The molecule has 4 aromatic rings. The van der Waals surface area contributed by atoms with Crippen LogP contribution in [0.15, 0.2) is 97.1 Å². The maximum atomic E-state index is 2.30. The van der Waals surface area contributed by atoms with Crippen LogP contribution in [0.5, 0.6) is 0 Å². The van der Waals surface area contributed by atoms with Crippen molar-refractivity contribution in [1.29, 1.82) is 0 Å². The van der Waals surface area contributed by atoms with E-state index in [2.05, 4.69) is 113 Å². The molecule has 0 bridgehead atoms. The molecule has 26 heavy (non-hydrogen) atoms. The fourth-order valence-corrected chi connectivity index (χ4v) is 3.53. The molecule has 0 heterocycles.